The number of hydrogen-bond donors (Lipinski definition) is 2. The molecule has 1 aliphatic heterocycles. The molecule has 2 aromatic heterocycles. The molecular weight excluding hydrogens is 587 g/mol. The van der Waals surface area contributed by atoms with Crippen molar-refractivity contribution in [3.05, 3.63) is 58.3 Å². The number of ether oxygens (including phenoxy) is 2. The molecule has 2 aromatic carbocycles. The van der Waals surface area contributed by atoms with E-state index in [4.69, 9.17) is 19.4 Å². The molecule has 208 valence electrons. The summed E-state index contributed by atoms with van der Waals surface area (Å²) in [5.41, 5.74) is 6.42. The van der Waals surface area contributed by atoms with E-state index in [1.807, 2.05) is 6.07 Å². The van der Waals surface area contributed by atoms with Crippen LogP contribution in [0.4, 0.5) is 28.8 Å². The third kappa shape index (κ3) is 5.60. The Morgan fingerprint density at radius 1 is 1.05 bits per heavy atom. The number of hydrogen-bond acceptors (Lipinski definition) is 8. The highest BCUT2D eigenvalue weighted by Gasteiger charge is 2.25. The summed E-state index contributed by atoms with van der Waals surface area (Å²) in [5, 5.41) is 9.46. The number of nitrogens with one attached hydrogen (secondary N) is 2. The Kier molecular flexibility index (Phi) is 7.80. The summed E-state index contributed by atoms with van der Waals surface area (Å²) in [4.78, 5) is 16.7. The van der Waals surface area contributed by atoms with Crippen LogP contribution in [0.15, 0.2) is 47.1 Å². The van der Waals surface area contributed by atoms with Gasteiger partial charge in [0.15, 0.2) is 0 Å². The number of anilines is 5. The van der Waals surface area contributed by atoms with E-state index < -0.39 is 7.92 Å². The summed E-state index contributed by atoms with van der Waals surface area (Å²) in [7, 11) is 1.31. The molecule has 2 aliphatic rings. The van der Waals surface area contributed by atoms with Crippen LogP contribution in [-0.4, -0.2) is 61.7 Å². The smallest absolute Gasteiger partial charge is 0.229 e. The van der Waals surface area contributed by atoms with Gasteiger partial charge in [-0.25, -0.2) is 4.98 Å². The van der Waals surface area contributed by atoms with Gasteiger partial charge in [0.05, 0.1) is 36.0 Å². The number of benzene rings is 2. The summed E-state index contributed by atoms with van der Waals surface area (Å²) in [6, 6.07) is 12.8. The minimum atomic E-state index is -0.400. The predicted molar refractivity (Wildman–Crippen MR) is 169 cm³/mol. The highest BCUT2D eigenvalue weighted by molar-refractivity contribution is 9.10. The first-order valence-corrected chi connectivity index (χ1v) is 16.6. The molecule has 6 rings (SSSR count). The number of morpholine rings is 1. The van der Waals surface area contributed by atoms with E-state index in [-0.39, 0.29) is 0 Å². The van der Waals surface area contributed by atoms with Gasteiger partial charge in [0, 0.05) is 59.0 Å². The van der Waals surface area contributed by atoms with Crippen LogP contribution in [0.1, 0.15) is 30.0 Å². The number of rotatable bonds is 8. The van der Waals surface area contributed by atoms with Crippen LogP contribution in [0.25, 0.3) is 10.9 Å². The van der Waals surface area contributed by atoms with Gasteiger partial charge in [-0.05, 0) is 78.9 Å². The maximum absolute atomic E-state index is 5.79. The zero-order valence-electron chi connectivity index (χ0n) is 23.3. The van der Waals surface area contributed by atoms with Gasteiger partial charge in [-0.2, -0.15) is 4.98 Å². The molecule has 0 atom stereocenters. The fraction of sp³-hybridized carbons (Fsp3) is 0.367. The molecule has 4 aromatic rings. The first-order valence-electron chi connectivity index (χ1n) is 13.6. The third-order valence-corrected chi connectivity index (χ3v) is 9.33. The number of nitrogens with zero attached hydrogens (tertiary/aromatic N) is 4. The number of methoxy groups -OCH3 is 1. The Labute approximate surface area is 244 Å². The maximum Gasteiger partial charge on any atom is 0.229 e. The number of aromatic nitrogens is 3. The van der Waals surface area contributed by atoms with E-state index in [9.17, 15) is 0 Å². The molecule has 1 saturated heterocycles. The van der Waals surface area contributed by atoms with Crippen molar-refractivity contribution in [2.24, 2.45) is 0 Å². The van der Waals surface area contributed by atoms with Crippen molar-refractivity contribution in [3.8, 4) is 5.75 Å². The van der Waals surface area contributed by atoms with Crippen molar-refractivity contribution in [1.82, 2.24) is 15.0 Å². The molecule has 0 spiro atoms. The molecule has 0 radical (unpaired) electrons. The molecule has 8 nitrogen and oxygen atoms in total. The number of halogens is 1. The Bertz CT molecular complexity index is 1560. The van der Waals surface area contributed by atoms with E-state index in [1.54, 1.807) is 13.3 Å². The van der Waals surface area contributed by atoms with Gasteiger partial charge in [0.25, 0.3) is 0 Å². The number of aryl methyl sites for hydroxylation is 1. The van der Waals surface area contributed by atoms with Gasteiger partial charge < -0.3 is 25.0 Å². The first-order chi connectivity index (χ1) is 19.4. The molecule has 1 aliphatic carbocycles. The fourth-order valence-electron chi connectivity index (χ4n) is 5.33. The maximum atomic E-state index is 5.79. The van der Waals surface area contributed by atoms with Gasteiger partial charge in [0.1, 0.15) is 11.6 Å². The monoisotopic (exact) mass is 620 g/mol. The summed E-state index contributed by atoms with van der Waals surface area (Å²) in [6.07, 6.45) is 4.28. The fourth-order valence-corrected chi connectivity index (χ4v) is 6.91. The lowest BCUT2D eigenvalue weighted by Gasteiger charge is -2.31. The van der Waals surface area contributed by atoms with Gasteiger partial charge in [0.2, 0.25) is 5.95 Å². The van der Waals surface area contributed by atoms with Crippen LogP contribution < -0.4 is 25.6 Å². The van der Waals surface area contributed by atoms with Crippen molar-refractivity contribution in [1.29, 1.82) is 0 Å². The average Bonchev–Trinajstić information content (AvgIpc) is 3.80. The van der Waals surface area contributed by atoms with E-state index in [2.05, 4.69) is 87.0 Å². The topological polar surface area (TPSA) is 84.4 Å². The first kappa shape index (κ1) is 27.2. The standard InChI is InChI=1S/C30H34BrN6O2P/c1-18-15-20(16-26(38-2)27(18)37-11-13-39-14-12-37)33-30-32-17-22(31)29(36-30)35-25-10-9-24-21(28(25)40(3)4)7-8-23(34-24)19-5-6-19/h7-10,15-17,19H,5-6,11-14H2,1-4H3,(H2,32,33,35,36). The molecule has 2 fully saturated rings. The molecule has 10 heteroatoms. The Morgan fingerprint density at radius 2 is 1.85 bits per heavy atom. The Morgan fingerprint density at radius 3 is 2.58 bits per heavy atom. The van der Waals surface area contributed by atoms with Gasteiger partial charge >= 0.3 is 0 Å². The highest BCUT2D eigenvalue weighted by atomic mass is 79.9. The zero-order valence-corrected chi connectivity index (χ0v) is 25.8. The van der Waals surface area contributed by atoms with Crippen LogP contribution in [0.5, 0.6) is 5.75 Å². The molecule has 0 amide bonds. The van der Waals surface area contributed by atoms with Crippen LogP contribution >= 0.6 is 23.9 Å². The minimum absolute atomic E-state index is 0.400. The quantitative estimate of drug-likeness (QED) is 0.211. The number of fused-ring (bicyclic) bond motifs is 1. The van der Waals surface area contributed by atoms with Gasteiger partial charge in [-0.3, -0.25) is 4.98 Å². The van der Waals surface area contributed by atoms with E-state index in [0.29, 0.717) is 17.7 Å². The van der Waals surface area contributed by atoms with Crippen LogP contribution in [0.3, 0.4) is 0 Å². The van der Waals surface area contributed by atoms with Crippen molar-refractivity contribution in [2.45, 2.75) is 25.7 Å². The second-order valence-electron chi connectivity index (χ2n) is 10.5. The molecular formula is C30H34BrN6O2P. The lowest BCUT2D eigenvalue weighted by atomic mass is 10.1. The van der Waals surface area contributed by atoms with E-state index >= 15 is 0 Å². The Balaban J connectivity index is 1.28. The summed E-state index contributed by atoms with van der Waals surface area (Å²) in [6.45, 7) is 9.80. The summed E-state index contributed by atoms with van der Waals surface area (Å²) in [5.74, 6) is 2.65. The van der Waals surface area contributed by atoms with Crippen LogP contribution in [0.2, 0.25) is 0 Å². The third-order valence-electron chi connectivity index (χ3n) is 7.37. The lowest BCUT2D eigenvalue weighted by molar-refractivity contribution is 0.122. The zero-order chi connectivity index (χ0) is 27.8. The second-order valence-corrected chi connectivity index (χ2v) is 13.6. The molecule has 3 heterocycles. The van der Waals surface area contributed by atoms with Crippen molar-refractivity contribution in [3.63, 3.8) is 0 Å². The lowest BCUT2D eigenvalue weighted by Crippen LogP contribution is -2.36. The van der Waals surface area contributed by atoms with Gasteiger partial charge in [-0.15, -0.1) is 0 Å². The predicted octanol–water partition coefficient (Wildman–Crippen LogP) is 6.67. The summed E-state index contributed by atoms with van der Waals surface area (Å²) >= 11 is 3.65. The SMILES string of the molecule is COc1cc(Nc2ncc(Br)c(Nc3ccc4nc(C5CC5)ccc4c3P(C)C)n2)cc(C)c1N1CCOCC1. The van der Waals surface area contributed by atoms with E-state index in [1.165, 1.54) is 29.2 Å². The van der Waals surface area contributed by atoms with Crippen molar-refractivity contribution >= 4 is 68.9 Å². The molecule has 0 unspecified atom stereocenters. The average molecular weight is 622 g/mol. The largest absolute Gasteiger partial charge is 0.494 e. The van der Waals surface area contributed by atoms with Crippen molar-refractivity contribution in [2.75, 3.05) is 62.3 Å². The normalized spacial score (nSPS) is 15.5. The van der Waals surface area contributed by atoms with Crippen LogP contribution in [-0.2, 0) is 4.74 Å². The highest BCUT2D eigenvalue weighted by Crippen LogP contribution is 2.41. The Hall–Kier alpha value is -3.00. The number of pyridine rings is 1. The molecule has 2 N–H and O–H groups in total. The molecule has 0 bridgehead atoms. The van der Waals surface area contributed by atoms with Crippen LogP contribution in [0, 0.1) is 6.92 Å². The van der Waals surface area contributed by atoms with E-state index in [0.717, 1.165) is 64.7 Å². The van der Waals surface area contributed by atoms with Crippen molar-refractivity contribution < 1.29 is 9.47 Å². The van der Waals surface area contributed by atoms with Gasteiger partial charge in [-0.1, -0.05) is 14.0 Å². The summed E-state index contributed by atoms with van der Waals surface area (Å²) < 4.78 is 12.1. The minimum Gasteiger partial charge on any atom is -0.494 e. The molecule has 40 heavy (non-hydrogen) atoms. The molecule has 1 saturated carbocycles. The second kappa shape index (κ2) is 11.5.